The van der Waals surface area contributed by atoms with E-state index in [0.717, 1.165) is 4.57 Å². The van der Waals surface area contributed by atoms with Gasteiger partial charge in [0, 0.05) is 41.0 Å². The van der Waals surface area contributed by atoms with E-state index < -0.39 is 42.2 Å². The van der Waals surface area contributed by atoms with Crippen LogP contribution in [0.15, 0.2) is 66.4 Å². The van der Waals surface area contributed by atoms with Crippen molar-refractivity contribution in [2.24, 2.45) is 0 Å². The average molecular weight is 588 g/mol. The number of anilines is 1. The van der Waals surface area contributed by atoms with Crippen LogP contribution in [0.1, 0.15) is 54.5 Å². The van der Waals surface area contributed by atoms with Crippen molar-refractivity contribution in [1.82, 2.24) is 24.4 Å². The van der Waals surface area contributed by atoms with E-state index in [1.54, 1.807) is 49.1 Å². The first-order chi connectivity index (χ1) is 21.6. The number of fused-ring (bicyclic) bond motifs is 1. The molecule has 1 aliphatic heterocycles. The minimum absolute atomic E-state index is 0.00610. The summed E-state index contributed by atoms with van der Waals surface area (Å²) in [5.74, 6) is -2.83. The summed E-state index contributed by atoms with van der Waals surface area (Å²) in [6, 6.07) is 8.52. The van der Waals surface area contributed by atoms with E-state index >= 15 is 4.39 Å². The van der Waals surface area contributed by atoms with E-state index in [0.29, 0.717) is 16.8 Å². The molecule has 0 unspecified atom stereocenters. The molecule has 4 aromatic rings. The molecule has 0 bridgehead atoms. The van der Waals surface area contributed by atoms with Gasteiger partial charge in [0.25, 0.3) is 5.91 Å². The van der Waals surface area contributed by atoms with Crippen molar-refractivity contribution in [3.63, 3.8) is 0 Å². The van der Waals surface area contributed by atoms with Gasteiger partial charge in [0.2, 0.25) is 0 Å². The van der Waals surface area contributed by atoms with Gasteiger partial charge in [0.05, 0.1) is 16.8 Å². The summed E-state index contributed by atoms with van der Waals surface area (Å²) in [6.07, 6.45) is 2.94. The molecule has 1 aliphatic rings. The molecule has 0 radical (unpaired) electrons. The normalized spacial score (nSPS) is 18.3. The molecule has 2 atom stereocenters. The number of hydrogen-bond donors (Lipinski definition) is 0. The van der Waals surface area contributed by atoms with Crippen LogP contribution >= 0.6 is 0 Å². The van der Waals surface area contributed by atoms with Crippen LogP contribution in [0, 0.1) is 12.7 Å². The lowest BCUT2D eigenvalue weighted by Crippen LogP contribution is -2.59. The fourth-order valence-corrected chi connectivity index (χ4v) is 5.79. The largest absolute Gasteiger partial charge is 0.355 e. The first-order valence-electron chi connectivity index (χ1n) is 15.4. The fourth-order valence-electron chi connectivity index (χ4n) is 5.79. The minimum Gasteiger partial charge on any atom is -0.347 e. The predicted molar refractivity (Wildman–Crippen MR) is 165 cm³/mol. The van der Waals surface area contributed by atoms with E-state index in [1.807, 2.05) is 13.8 Å². The van der Waals surface area contributed by atoms with Crippen LogP contribution in [0.4, 0.5) is 14.6 Å². The molecule has 3 aromatic heterocycles. The number of carbonyl (C=O) groups is 1. The molecule has 0 saturated carbocycles. The third-order valence-electron chi connectivity index (χ3n) is 7.64. The second kappa shape index (κ2) is 11.5. The fraction of sp³-hybridized carbons (Fsp3) is 0.303. The number of aryl methyl sites for hydroxylation is 1. The third kappa shape index (κ3) is 5.22. The van der Waals surface area contributed by atoms with Crippen molar-refractivity contribution in [2.75, 3.05) is 18.0 Å². The van der Waals surface area contributed by atoms with Gasteiger partial charge < -0.3 is 9.80 Å². The van der Waals surface area contributed by atoms with E-state index in [1.165, 1.54) is 23.2 Å². The van der Waals surface area contributed by atoms with Gasteiger partial charge in [-0.3, -0.25) is 9.78 Å². The molecule has 10 heteroatoms. The standard InChI is InChI=1S/C33H34F2N6O2/c1-8-23-11-9-10-12-24(23)28-26(35)15-25-30(37-28)41(29-19(4)13-14-36-27(29)18(2)3)33(43)38-31(25)40-20(5)16-39(17-21(40)6)32(42)22(7)34/h8-15,18,20-21H,1,7,16-17H2,2-6H3/t20-,21-/m0/s1/i4D3. The molecule has 5 rings (SSSR count). The Morgan fingerprint density at radius 1 is 1.16 bits per heavy atom. The van der Waals surface area contributed by atoms with Crippen LogP contribution in [0.25, 0.3) is 34.1 Å². The number of rotatable bonds is 6. The number of piperazine rings is 1. The lowest BCUT2D eigenvalue weighted by molar-refractivity contribution is -0.129. The number of halogens is 2. The van der Waals surface area contributed by atoms with E-state index in [4.69, 9.17) is 9.10 Å². The molecule has 0 aliphatic carbocycles. The van der Waals surface area contributed by atoms with Crippen molar-refractivity contribution in [2.45, 2.75) is 52.5 Å². The second-order valence-electron chi connectivity index (χ2n) is 11.0. The van der Waals surface area contributed by atoms with E-state index in [9.17, 15) is 14.0 Å². The van der Waals surface area contributed by atoms with Gasteiger partial charge in [0.15, 0.2) is 11.5 Å². The molecule has 1 aromatic carbocycles. The highest BCUT2D eigenvalue weighted by Crippen LogP contribution is 2.35. The Kier molecular flexibility index (Phi) is 6.94. The highest BCUT2D eigenvalue weighted by molar-refractivity contribution is 5.93. The number of aromatic nitrogens is 4. The van der Waals surface area contributed by atoms with Crippen LogP contribution in [0.5, 0.6) is 0 Å². The maximum Gasteiger partial charge on any atom is 0.355 e. The number of pyridine rings is 2. The number of hydrogen-bond acceptors (Lipinski definition) is 6. The minimum atomic E-state index is -2.64. The maximum absolute atomic E-state index is 16.2. The summed E-state index contributed by atoms with van der Waals surface area (Å²) >= 11 is 0. The van der Waals surface area contributed by atoms with Crippen molar-refractivity contribution >= 4 is 28.8 Å². The van der Waals surface area contributed by atoms with Gasteiger partial charge in [0.1, 0.15) is 17.3 Å². The van der Waals surface area contributed by atoms with Gasteiger partial charge >= 0.3 is 5.69 Å². The van der Waals surface area contributed by atoms with Crippen molar-refractivity contribution in [1.29, 1.82) is 0 Å². The van der Waals surface area contributed by atoms with Gasteiger partial charge in [-0.05, 0) is 49.9 Å². The Morgan fingerprint density at radius 3 is 2.49 bits per heavy atom. The first-order valence-corrected chi connectivity index (χ1v) is 13.9. The molecule has 1 saturated heterocycles. The third-order valence-corrected chi connectivity index (χ3v) is 7.64. The Hall–Kier alpha value is -4.73. The van der Waals surface area contributed by atoms with Crippen LogP contribution in [-0.4, -0.2) is 55.5 Å². The Bertz CT molecular complexity index is 1930. The number of benzene rings is 1. The molecule has 0 N–H and O–H groups in total. The Labute approximate surface area is 253 Å². The Balaban J connectivity index is 1.88. The summed E-state index contributed by atoms with van der Waals surface area (Å²) in [6.45, 7) is 11.7. The predicted octanol–water partition coefficient (Wildman–Crippen LogP) is 5.97. The maximum atomic E-state index is 16.2. The topological polar surface area (TPSA) is 84.2 Å². The molecule has 1 fully saturated rings. The summed E-state index contributed by atoms with van der Waals surface area (Å²) in [7, 11) is 0. The highest BCUT2D eigenvalue weighted by atomic mass is 19.1. The van der Waals surface area contributed by atoms with Crippen LogP contribution in [-0.2, 0) is 4.79 Å². The van der Waals surface area contributed by atoms with Crippen molar-refractivity contribution < 1.29 is 17.7 Å². The molecule has 43 heavy (non-hydrogen) atoms. The van der Waals surface area contributed by atoms with Crippen LogP contribution in [0.3, 0.4) is 0 Å². The van der Waals surface area contributed by atoms with Gasteiger partial charge in [-0.1, -0.05) is 57.3 Å². The van der Waals surface area contributed by atoms with Gasteiger partial charge in [-0.15, -0.1) is 0 Å². The number of amides is 1. The summed E-state index contributed by atoms with van der Waals surface area (Å²) in [4.78, 5) is 43.3. The molecular weight excluding hydrogens is 550 g/mol. The van der Waals surface area contributed by atoms with E-state index in [2.05, 4.69) is 23.1 Å². The monoisotopic (exact) mass is 587 g/mol. The molecule has 222 valence electrons. The SMILES string of the molecule is [2H]C([2H])([2H])c1ccnc(C(C)C)c1-n1c(=O)nc(N2[C@@H](C)CN(C(=O)C(=C)F)C[C@@H]2C)c2cc(F)c(-c3ccccc3C=C)nc21. The first kappa shape index (κ1) is 25.9. The Morgan fingerprint density at radius 2 is 1.86 bits per heavy atom. The summed E-state index contributed by atoms with van der Waals surface area (Å²) in [5, 5.41) is 0.139. The smallest absolute Gasteiger partial charge is 0.347 e. The van der Waals surface area contributed by atoms with Gasteiger partial charge in [-0.2, -0.15) is 4.98 Å². The highest BCUT2D eigenvalue weighted by Gasteiger charge is 2.35. The molecule has 0 spiro atoms. The van der Waals surface area contributed by atoms with Gasteiger partial charge in [-0.25, -0.2) is 23.1 Å². The number of nitrogens with zero attached hydrogens (tertiary/aromatic N) is 6. The summed E-state index contributed by atoms with van der Waals surface area (Å²) in [5.41, 5.74) is 0.265. The lowest BCUT2D eigenvalue weighted by Gasteiger charge is -2.45. The second-order valence-corrected chi connectivity index (χ2v) is 11.0. The summed E-state index contributed by atoms with van der Waals surface area (Å²) < 4.78 is 55.9. The molecule has 8 nitrogen and oxygen atoms in total. The van der Waals surface area contributed by atoms with Crippen molar-refractivity contribution in [3.8, 4) is 16.9 Å². The van der Waals surface area contributed by atoms with E-state index in [-0.39, 0.29) is 52.8 Å². The molecular formula is C33H34F2N6O2. The zero-order valence-corrected chi connectivity index (χ0v) is 24.4. The average Bonchev–Trinajstić information content (AvgIpc) is 2.99. The molecule has 4 heterocycles. The molecule has 1 amide bonds. The number of carbonyl (C=O) groups excluding carboxylic acids is 1. The lowest BCUT2D eigenvalue weighted by atomic mass is 10.0. The van der Waals surface area contributed by atoms with Crippen LogP contribution < -0.4 is 10.6 Å². The zero-order valence-electron chi connectivity index (χ0n) is 27.4. The van der Waals surface area contributed by atoms with Crippen molar-refractivity contribution in [3.05, 3.63) is 94.7 Å². The van der Waals surface area contributed by atoms with Crippen LogP contribution in [0.2, 0.25) is 0 Å². The zero-order chi connectivity index (χ0) is 33.7. The quantitative estimate of drug-likeness (QED) is 0.259.